The molecule has 0 aromatic rings. The number of hydrogen-bond donors (Lipinski definition) is 0. The molecule has 0 amide bonds. The van der Waals surface area contributed by atoms with Crippen LogP contribution in [0.2, 0.25) is 19.6 Å². The van der Waals surface area contributed by atoms with Gasteiger partial charge in [0.2, 0.25) is 0 Å². The monoisotopic (exact) mass is 538 g/mol. The summed E-state index contributed by atoms with van der Waals surface area (Å²) in [5.74, 6) is -11.9. The van der Waals surface area contributed by atoms with Crippen molar-refractivity contribution in [1.82, 2.24) is 0 Å². The Kier molecular flexibility index (Phi) is 7.81. The second-order valence-electron chi connectivity index (χ2n) is 5.47. The largest absolute Gasteiger partial charge is 0.460 e. The molecule has 0 radical (unpaired) electrons. The number of halogens is 15. The Morgan fingerprint density at radius 3 is 0.800 bits per heavy atom. The summed E-state index contributed by atoms with van der Waals surface area (Å²) in [5.41, 5.74) is -5.00. The third-order valence-electron chi connectivity index (χ3n) is 2.40. The number of alkyl halides is 15. The van der Waals surface area contributed by atoms with Crippen molar-refractivity contribution in [3.63, 3.8) is 0 Å². The zero-order chi connectivity index (χ0) is 21.5. The van der Waals surface area contributed by atoms with Crippen LogP contribution in [0, 0.1) is 0 Å². The van der Waals surface area contributed by atoms with Crippen LogP contribution >= 0.6 is 22.6 Å². The highest BCUT2D eigenvalue weighted by atomic mass is 127. The molecule has 154 valence electrons. The average molecular weight is 538 g/mol. The Morgan fingerprint density at radius 2 is 0.760 bits per heavy atom. The highest BCUT2D eigenvalue weighted by Crippen LogP contribution is 2.51. The lowest BCUT2D eigenvalue weighted by Crippen LogP contribution is -2.63. The SMILES string of the molecule is C[Si](C)(C)C(F)(F)C(F)(F)C(F)(F)F.FC(F)(F)C(F)(F)C(F)(F)I. The molecule has 0 aliphatic rings. The van der Waals surface area contributed by atoms with Crippen molar-refractivity contribution >= 4 is 30.7 Å². The van der Waals surface area contributed by atoms with Gasteiger partial charge in [0.05, 0.1) is 0 Å². The Hall–Kier alpha value is -0.0331. The van der Waals surface area contributed by atoms with Gasteiger partial charge in [-0.15, -0.1) is 0 Å². The summed E-state index contributed by atoms with van der Waals surface area (Å²) in [6.45, 7) is 2.27. The van der Waals surface area contributed by atoms with Gasteiger partial charge >= 0.3 is 28.1 Å². The van der Waals surface area contributed by atoms with Gasteiger partial charge in [-0.05, 0) is 0 Å². The minimum Gasteiger partial charge on any atom is -0.205 e. The molecule has 0 saturated heterocycles. The van der Waals surface area contributed by atoms with Crippen LogP contribution in [0.1, 0.15) is 0 Å². The van der Waals surface area contributed by atoms with Gasteiger partial charge in [-0.2, -0.15) is 52.7 Å². The number of hydrogen-bond acceptors (Lipinski definition) is 0. The summed E-state index contributed by atoms with van der Waals surface area (Å²) >= 11 is -0.259. The molecule has 0 nitrogen and oxygen atoms in total. The lowest BCUT2D eigenvalue weighted by atomic mass is 10.3. The topological polar surface area (TPSA) is 0 Å². The third kappa shape index (κ3) is 5.72. The van der Waals surface area contributed by atoms with Gasteiger partial charge in [-0.3, -0.25) is 0 Å². The van der Waals surface area contributed by atoms with Crippen molar-refractivity contribution in [3.8, 4) is 0 Å². The Bertz CT molecular complexity index is 397. The van der Waals surface area contributed by atoms with E-state index >= 15 is 0 Å². The van der Waals surface area contributed by atoms with E-state index in [2.05, 4.69) is 0 Å². The first kappa shape index (κ1) is 27.2. The van der Waals surface area contributed by atoms with Crippen LogP contribution in [0.5, 0.6) is 0 Å². The molecule has 0 saturated carbocycles. The van der Waals surface area contributed by atoms with Crippen LogP contribution in [-0.2, 0) is 0 Å². The quantitative estimate of drug-likeness (QED) is 0.159. The van der Waals surface area contributed by atoms with E-state index < -0.39 is 41.7 Å². The average Bonchev–Trinajstić information content (AvgIpc) is 2.23. The summed E-state index contributed by atoms with van der Waals surface area (Å²) in [7, 11) is -3.93. The molecule has 0 atom stereocenters. The Morgan fingerprint density at radius 1 is 0.520 bits per heavy atom. The molecule has 0 bridgehead atoms. The molecule has 0 fully saturated rings. The molecule has 0 aliphatic carbocycles. The number of rotatable bonds is 3. The molecule has 0 aromatic heterocycles. The molecule has 0 aliphatic heterocycles. The predicted molar refractivity (Wildman–Crippen MR) is 69.3 cm³/mol. The third-order valence-corrected chi connectivity index (χ3v) is 5.28. The standard InChI is InChI=1S/C6H9F7Si.C3F7I/c1-14(2,3)6(12,13)4(7,8)5(9,10)11;4-1(5,2(6,7)8)3(9,10)11/h1-3H3;. The fourth-order valence-electron chi connectivity index (χ4n) is 0.810. The maximum absolute atomic E-state index is 12.8. The molecule has 0 unspecified atom stereocenters. The smallest absolute Gasteiger partial charge is 0.205 e. The van der Waals surface area contributed by atoms with Gasteiger partial charge < -0.3 is 0 Å². The van der Waals surface area contributed by atoms with Crippen molar-refractivity contribution in [2.75, 3.05) is 0 Å². The van der Waals surface area contributed by atoms with E-state index in [0.717, 1.165) is 19.6 Å². The van der Waals surface area contributed by atoms with Gasteiger partial charge in [-0.25, -0.2) is 8.78 Å². The minimum atomic E-state index is -6.21. The van der Waals surface area contributed by atoms with E-state index in [4.69, 9.17) is 0 Å². The van der Waals surface area contributed by atoms with E-state index in [0.29, 0.717) is 0 Å². The van der Waals surface area contributed by atoms with Crippen molar-refractivity contribution < 1.29 is 61.5 Å². The lowest BCUT2D eigenvalue weighted by Gasteiger charge is -2.35. The van der Waals surface area contributed by atoms with E-state index in [1.807, 2.05) is 0 Å². The van der Waals surface area contributed by atoms with Gasteiger partial charge in [0, 0.05) is 22.6 Å². The van der Waals surface area contributed by atoms with Gasteiger partial charge in [0.15, 0.2) is 0 Å². The fourth-order valence-corrected chi connectivity index (χ4v) is 2.20. The van der Waals surface area contributed by atoms with Crippen LogP contribution in [0.15, 0.2) is 0 Å². The van der Waals surface area contributed by atoms with E-state index in [1.54, 1.807) is 0 Å². The first-order valence-electron chi connectivity index (χ1n) is 5.58. The molecule has 25 heavy (non-hydrogen) atoms. The van der Waals surface area contributed by atoms with E-state index in [1.165, 1.54) is 0 Å². The zero-order valence-electron chi connectivity index (χ0n) is 12.2. The second-order valence-corrected chi connectivity index (χ2v) is 11.9. The van der Waals surface area contributed by atoms with E-state index in [-0.39, 0.29) is 22.6 Å². The van der Waals surface area contributed by atoms with Crippen molar-refractivity contribution in [1.29, 1.82) is 0 Å². The molecule has 0 rings (SSSR count). The second kappa shape index (κ2) is 7.18. The van der Waals surface area contributed by atoms with Crippen LogP contribution in [0.3, 0.4) is 0 Å². The molecule has 0 aromatic carbocycles. The zero-order valence-corrected chi connectivity index (χ0v) is 15.3. The summed E-state index contributed by atoms with van der Waals surface area (Å²) in [5, 5.41) is 0. The van der Waals surface area contributed by atoms with E-state index in [9.17, 15) is 61.5 Å². The van der Waals surface area contributed by atoms with Crippen molar-refractivity contribution in [2.24, 2.45) is 0 Å². The summed E-state index contributed by atoms with van der Waals surface area (Å²) < 4.78 is 160. The van der Waals surface area contributed by atoms with Gasteiger partial charge in [0.25, 0.3) is 5.55 Å². The van der Waals surface area contributed by atoms with Crippen LogP contribution < -0.4 is 0 Å². The Balaban J connectivity index is 0. The maximum Gasteiger partial charge on any atom is 0.460 e. The lowest BCUT2D eigenvalue weighted by molar-refractivity contribution is -0.335. The van der Waals surface area contributed by atoms with Crippen molar-refractivity contribution in [2.45, 2.75) is 53.3 Å². The summed E-state index contributed by atoms with van der Waals surface area (Å²) in [6.07, 6.45) is -12.4. The normalized spacial score (nSPS) is 15.6. The first-order valence-corrected chi connectivity index (χ1v) is 10.2. The molecule has 0 N–H and O–H groups in total. The Labute approximate surface area is 146 Å². The molecular formula is C9H9F14ISi. The molecule has 0 spiro atoms. The highest BCUT2D eigenvalue weighted by Gasteiger charge is 2.76. The van der Waals surface area contributed by atoms with Gasteiger partial charge in [0.1, 0.15) is 8.07 Å². The van der Waals surface area contributed by atoms with Crippen molar-refractivity contribution in [3.05, 3.63) is 0 Å². The predicted octanol–water partition coefficient (Wildman–Crippen LogP) is 6.91. The molecule has 16 heteroatoms. The van der Waals surface area contributed by atoms with Crippen LogP contribution in [0.25, 0.3) is 0 Å². The molecule has 0 heterocycles. The fraction of sp³-hybridized carbons (Fsp3) is 1.00. The minimum absolute atomic E-state index is 0.259. The van der Waals surface area contributed by atoms with Crippen LogP contribution in [-0.4, -0.2) is 41.7 Å². The van der Waals surface area contributed by atoms with Gasteiger partial charge in [-0.1, -0.05) is 19.6 Å². The summed E-state index contributed by atoms with van der Waals surface area (Å²) in [4.78, 5) is 0. The van der Waals surface area contributed by atoms with Crippen LogP contribution in [0.4, 0.5) is 61.5 Å². The summed E-state index contributed by atoms with van der Waals surface area (Å²) in [6, 6.07) is 0. The highest BCUT2D eigenvalue weighted by molar-refractivity contribution is 14.1. The first-order chi connectivity index (χ1) is 10.2. The maximum atomic E-state index is 12.8. The molecular weight excluding hydrogens is 529 g/mol.